The van der Waals surface area contributed by atoms with E-state index in [1.165, 1.54) is 32.3 Å². The first-order chi connectivity index (χ1) is 16.2. The minimum atomic E-state index is -0.852. The van der Waals surface area contributed by atoms with Crippen molar-refractivity contribution in [3.05, 3.63) is 54.9 Å². The molecule has 9 heteroatoms. The van der Waals surface area contributed by atoms with Crippen molar-refractivity contribution in [2.75, 3.05) is 32.1 Å². The molecule has 1 aliphatic heterocycles. The van der Waals surface area contributed by atoms with Crippen LogP contribution in [-0.4, -0.2) is 66.1 Å². The van der Waals surface area contributed by atoms with Crippen LogP contribution in [0.1, 0.15) is 56.6 Å². The first-order valence-electron chi connectivity index (χ1n) is 11.4. The predicted molar refractivity (Wildman–Crippen MR) is 135 cm³/mol. The van der Waals surface area contributed by atoms with Crippen LogP contribution in [0, 0.1) is 0 Å². The number of ether oxygens (including phenoxy) is 1. The number of hydroxylamine groups is 2. The Hall–Kier alpha value is -3.04. The van der Waals surface area contributed by atoms with Crippen molar-refractivity contribution in [1.29, 1.82) is 0 Å². The summed E-state index contributed by atoms with van der Waals surface area (Å²) < 4.78 is 16.8. The van der Waals surface area contributed by atoms with E-state index in [1.54, 1.807) is 0 Å². The molecule has 0 aromatic carbocycles. The van der Waals surface area contributed by atoms with Gasteiger partial charge in [0.05, 0.1) is 18.0 Å². The maximum atomic E-state index is 12.5. The number of carbonyl (C=O) groups is 2. The molecule has 190 valence electrons. The maximum absolute atomic E-state index is 12.5. The molecule has 34 heavy (non-hydrogen) atoms. The van der Waals surface area contributed by atoms with Crippen molar-refractivity contribution in [3.8, 4) is 0 Å². The summed E-state index contributed by atoms with van der Waals surface area (Å²) in [5.41, 5.74) is 1.24. The number of allylic oxidation sites excluding steroid dienone is 2. The fourth-order valence-electron chi connectivity index (χ4n) is 2.66. The summed E-state index contributed by atoms with van der Waals surface area (Å²) in [7, 11) is 1.21. The highest BCUT2D eigenvalue weighted by Gasteiger charge is 2.21. The van der Waals surface area contributed by atoms with Gasteiger partial charge < -0.3 is 15.4 Å². The van der Waals surface area contributed by atoms with Crippen LogP contribution in [0.25, 0.3) is 5.57 Å². The van der Waals surface area contributed by atoms with Crippen LogP contribution in [0.15, 0.2) is 43.6 Å². The second-order valence-corrected chi connectivity index (χ2v) is 7.13. The fourth-order valence-corrected chi connectivity index (χ4v) is 2.66. The van der Waals surface area contributed by atoms with Crippen LogP contribution < -0.4 is 10.6 Å². The van der Waals surface area contributed by atoms with E-state index in [9.17, 15) is 19.2 Å². The molecule has 3 N–H and O–H groups in total. The average Bonchev–Trinajstić information content (AvgIpc) is 3.37. The van der Waals surface area contributed by atoms with Gasteiger partial charge in [-0.3, -0.25) is 14.8 Å². The molecule has 1 fully saturated rings. The molecule has 0 aliphatic carbocycles. The summed E-state index contributed by atoms with van der Waals surface area (Å²) in [6.07, 6.45) is 7.58. The SMILES string of the molecule is C=C(C(=O)NC[C@@H]1CCCO1)c1cc(C(=O)N(C)O)ncc1NC/C=C/C.C=CC(C)F.CC. The first-order valence-corrected chi connectivity index (χ1v) is 11.4. The standard InChI is InChI=1S/C19H26N4O4.C4H7F.C2H6/c1-4-5-8-20-17-12-21-16(19(25)23(3)26)10-15(17)13(2)18(24)22-11-14-7-6-9-27-14;1-3-4(2)5;1-2/h4-5,10,12,14,20,26H,2,6-9,11H2,1,3H3,(H,22,24);3-4H,1H2,2H3;1-2H3/b5-4+;;/t14-;;/m0../s1. The van der Waals surface area contributed by atoms with E-state index in [0.29, 0.717) is 36.0 Å². The molecule has 0 radical (unpaired) electrons. The number of hydrogen-bond acceptors (Lipinski definition) is 6. The smallest absolute Gasteiger partial charge is 0.295 e. The molecular weight excluding hydrogens is 439 g/mol. The normalized spacial score (nSPS) is 15.2. The van der Waals surface area contributed by atoms with Crippen molar-refractivity contribution in [2.45, 2.75) is 52.8 Å². The molecule has 1 unspecified atom stereocenters. The molecule has 1 aliphatic rings. The molecule has 2 rings (SSSR count). The number of pyridine rings is 1. The lowest BCUT2D eigenvalue weighted by molar-refractivity contribution is -0.116. The molecule has 1 saturated heterocycles. The van der Waals surface area contributed by atoms with Crippen LogP contribution >= 0.6 is 0 Å². The molecule has 0 bridgehead atoms. The van der Waals surface area contributed by atoms with Gasteiger partial charge in [-0.25, -0.2) is 14.4 Å². The van der Waals surface area contributed by atoms with Gasteiger partial charge in [0.1, 0.15) is 11.9 Å². The highest BCUT2D eigenvalue weighted by molar-refractivity contribution is 6.20. The number of rotatable bonds is 9. The minimum absolute atomic E-state index is 0.0136. The Kier molecular flexibility index (Phi) is 15.9. The van der Waals surface area contributed by atoms with Gasteiger partial charge in [-0.15, -0.1) is 6.58 Å². The number of halogens is 1. The van der Waals surface area contributed by atoms with Gasteiger partial charge in [0.2, 0.25) is 0 Å². The topological polar surface area (TPSA) is 104 Å². The zero-order valence-electron chi connectivity index (χ0n) is 20.9. The molecule has 0 saturated carbocycles. The largest absolute Gasteiger partial charge is 0.380 e. The summed E-state index contributed by atoms with van der Waals surface area (Å²) in [5.74, 6) is -1.02. The van der Waals surface area contributed by atoms with Crippen molar-refractivity contribution in [2.24, 2.45) is 0 Å². The van der Waals surface area contributed by atoms with Gasteiger partial charge in [0.25, 0.3) is 11.8 Å². The Morgan fingerprint density at radius 3 is 2.59 bits per heavy atom. The Labute approximate surface area is 202 Å². The highest BCUT2D eigenvalue weighted by Crippen LogP contribution is 2.24. The van der Waals surface area contributed by atoms with Crippen LogP contribution in [0.5, 0.6) is 0 Å². The number of anilines is 1. The molecule has 2 atom stereocenters. The third kappa shape index (κ3) is 11.2. The lowest BCUT2D eigenvalue weighted by atomic mass is 10.0. The van der Waals surface area contributed by atoms with Gasteiger partial charge in [-0.05, 0) is 32.8 Å². The number of nitrogens with one attached hydrogen (secondary N) is 2. The van der Waals surface area contributed by atoms with E-state index in [-0.39, 0.29) is 23.3 Å². The Balaban J connectivity index is 0.00000138. The van der Waals surface area contributed by atoms with Gasteiger partial charge in [0, 0.05) is 37.9 Å². The molecule has 0 spiro atoms. The zero-order valence-corrected chi connectivity index (χ0v) is 20.9. The molecule has 2 heterocycles. The van der Waals surface area contributed by atoms with Crippen molar-refractivity contribution < 1.29 is 23.9 Å². The van der Waals surface area contributed by atoms with Crippen molar-refractivity contribution >= 4 is 23.1 Å². The van der Waals surface area contributed by atoms with Crippen molar-refractivity contribution in [1.82, 2.24) is 15.4 Å². The van der Waals surface area contributed by atoms with E-state index >= 15 is 0 Å². The second-order valence-electron chi connectivity index (χ2n) is 7.13. The molecule has 8 nitrogen and oxygen atoms in total. The van der Waals surface area contributed by atoms with Crippen LogP contribution in [0.3, 0.4) is 0 Å². The van der Waals surface area contributed by atoms with Gasteiger partial charge in [-0.1, -0.05) is 38.7 Å². The van der Waals surface area contributed by atoms with Gasteiger partial charge >= 0.3 is 0 Å². The summed E-state index contributed by atoms with van der Waals surface area (Å²) >= 11 is 0. The summed E-state index contributed by atoms with van der Waals surface area (Å²) in [5, 5.41) is 15.8. The van der Waals surface area contributed by atoms with E-state index in [1.807, 2.05) is 32.9 Å². The predicted octanol–water partition coefficient (Wildman–Crippen LogP) is 4.40. The van der Waals surface area contributed by atoms with E-state index in [2.05, 4.69) is 28.8 Å². The lowest BCUT2D eigenvalue weighted by Crippen LogP contribution is -2.32. The lowest BCUT2D eigenvalue weighted by Gasteiger charge is -2.16. The van der Waals surface area contributed by atoms with Crippen LogP contribution in [0.4, 0.5) is 10.1 Å². The Morgan fingerprint density at radius 2 is 2.09 bits per heavy atom. The number of aromatic nitrogens is 1. The number of alkyl halides is 1. The molecule has 1 aromatic heterocycles. The molecule has 1 aromatic rings. The number of nitrogens with zero attached hydrogens (tertiary/aromatic N) is 2. The van der Waals surface area contributed by atoms with Gasteiger partial charge in [0.15, 0.2) is 0 Å². The Morgan fingerprint density at radius 1 is 1.44 bits per heavy atom. The zero-order chi connectivity index (χ0) is 26.1. The minimum Gasteiger partial charge on any atom is -0.380 e. The fraction of sp³-hybridized carbons (Fsp3) is 0.480. The quantitative estimate of drug-likeness (QED) is 0.210. The Bertz CT molecular complexity index is 819. The molecule has 2 amide bonds. The monoisotopic (exact) mass is 478 g/mol. The number of carbonyl (C=O) groups excluding carboxylic acids is 2. The summed E-state index contributed by atoms with van der Waals surface area (Å²) in [6.45, 7) is 16.1. The third-order valence-corrected chi connectivity index (χ3v) is 4.50. The number of amides is 2. The third-order valence-electron chi connectivity index (χ3n) is 4.50. The maximum Gasteiger partial charge on any atom is 0.295 e. The molecular formula is C25H39FN4O4. The van der Waals surface area contributed by atoms with Crippen molar-refractivity contribution in [3.63, 3.8) is 0 Å². The second kappa shape index (κ2) is 17.4. The van der Waals surface area contributed by atoms with E-state index in [0.717, 1.165) is 12.8 Å². The highest BCUT2D eigenvalue weighted by atomic mass is 19.1. The average molecular weight is 479 g/mol. The number of hydrogen-bond donors (Lipinski definition) is 3. The van der Waals surface area contributed by atoms with E-state index < -0.39 is 12.1 Å². The summed E-state index contributed by atoms with van der Waals surface area (Å²) in [6, 6.07) is 1.45. The van der Waals surface area contributed by atoms with Crippen LogP contribution in [-0.2, 0) is 9.53 Å². The summed E-state index contributed by atoms with van der Waals surface area (Å²) in [4.78, 5) is 28.6. The van der Waals surface area contributed by atoms with Gasteiger partial charge in [-0.2, -0.15) is 0 Å². The van der Waals surface area contributed by atoms with Crippen LogP contribution in [0.2, 0.25) is 0 Å². The van der Waals surface area contributed by atoms with E-state index in [4.69, 9.17) is 4.74 Å². The first kappa shape index (κ1) is 31.0.